The van der Waals surface area contributed by atoms with Crippen LogP contribution in [0.2, 0.25) is 0 Å². The van der Waals surface area contributed by atoms with E-state index >= 15 is 0 Å². The molecule has 0 heterocycles. The molecule has 0 aromatic rings. The lowest BCUT2D eigenvalue weighted by atomic mass is 9.54. The number of rotatable bonds is 0. The number of fused-ring (bicyclic) bond motifs is 4. The van der Waals surface area contributed by atoms with E-state index in [9.17, 15) is 9.59 Å². The van der Waals surface area contributed by atoms with Gasteiger partial charge in [-0.3, -0.25) is 9.59 Å². The van der Waals surface area contributed by atoms with Crippen molar-refractivity contribution in [3.8, 4) is 0 Å². The third-order valence-corrected chi connectivity index (χ3v) is 6.89. The molecule has 0 amide bonds. The third-order valence-electron chi connectivity index (χ3n) is 6.89. The number of hydrogen-bond donors (Lipinski definition) is 0. The molecule has 108 valence electrons. The Labute approximate surface area is 121 Å². The Morgan fingerprint density at radius 1 is 0.950 bits per heavy atom. The fraction of sp³-hybridized carbons (Fsp3) is 0.778. The van der Waals surface area contributed by atoms with Crippen LogP contribution in [0.5, 0.6) is 0 Å². The Balaban J connectivity index is 1.73. The highest BCUT2D eigenvalue weighted by atomic mass is 16.1. The molecule has 0 saturated heterocycles. The Morgan fingerprint density at radius 3 is 2.60 bits per heavy atom. The molecule has 0 radical (unpaired) electrons. The van der Waals surface area contributed by atoms with E-state index < -0.39 is 0 Å². The first-order chi connectivity index (χ1) is 9.59. The number of ketones is 2. The Morgan fingerprint density at radius 2 is 1.75 bits per heavy atom. The molecule has 0 aliphatic heterocycles. The quantitative estimate of drug-likeness (QED) is 0.628. The molecule has 2 nitrogen and oxygen atoms in total. The van der Waals surface area contributed by atoms with Crippen molar-refractivity contribution in [1.29, 1.82) is 0 Å². The predicted octanol–water partition coefficient (Wildman–Crippen LogP) is 3.84. The van der Waals surface area contributed by atoms with Crippen LogP contribution in [-0.4, -0.2) is 11.6 Å². The summed E-state index contributed by atoms with van der Waals surface area (Å²) in [6.07, 6.45) is 9.10. The van der Waals surface area contributed by atoms with Gasteiger partial charge in [-0.25, -0.2) is 0 Å². The van der Waals surface area contributed by atoms with Gasteiger partial charge in [-0.1, -0.05) is 18.1 Å². The monoisotopic (exact) mass is 272 g/mol. The number of allylic oxidation sites excluding steroid dienone is 2. The van der Waals surface area contributed by atoms with Crippen LogP contribution in [0.4, 0.5) is 0 Å². The zero-order chi connectivity index (χ0) is 13.9. The first-order valence-electron chi connectivity index (χ1n) is 8.36. The van der Waals surface area contributed by atoms with Gasteiger partial charge in [0.25, 0.3) is 0 Å². The summed E-state index contributed by atoms with van der Waals surface area (Å²) in [4.78, 5) is 23.8. The molecular formula is C18H24O2. The summed E-state index contributed by atoms with van der Waals surface area (Å²) in [6.45, 7) is 2.41. The lowest BCUT2D eigenvalue weighted by Crippen LogP contribution is -2.42. The molecular weight excluding hydrogens is 248 g/mol. The second-order valence-electron chi connectivity index (χ2n) is 7.66. The van der Waals surface area contributed by atoms with E-state index in [1.54, 1.807) is 11.1 Å². The standard InChI is InChI=1S/C18H24O2/c1-18-9-8-12(19)10-11(18)2-3-14-13-5-7-17(20)15(13)4-6-16(14)18/h11,13,15H,2-10H2,1H3. The van der Waals surface area contributed by atoms with Gasteiger partial charge in [-0.05, 0) is 55.8 Å². The van der Waals surface area contributed by atoms with Crippen molar-refractivity contribution in [3.05, 3.63) is 11.1 Å². The highest BCUT2D eigenvalue weighted by Gasteiger charge is 2.50. The van der Waals surface area contributed by atoms with E-state index in [1.807, 2.05) is 0 Å². The maximum atomic E-state index is 12.0. The smallest absolute Gasteiger partial charge is 0.136 e. The average molecular weight is 272 g/mol. The SMILES string of the molecule is CC12CCC(=O)CC1CCC1=C2CCC2C(=O)CCC12. The molecule has 4 atom stereocenters. The van der Waals surface area contributed by atoms with Crippen LogP contribution in [0.3, 0.4) is 0 Å². The molecule has 2 heteroatoms. The van der Waals surface area contributed by atoms with E-state index in [0.717, 1.165) is 51.4 Å². The topological polar surface area (TPSA) is 34.1 Å². The molecule has 0 aromatic carbocycles. The molecule has 2 saturated carbocycles. The van der Waals surface area contributed by atoms with Crippen LogP contribution < -0.4 is 0 Å². The van der Waals surface area contributed by atoms with Crippen LogP contribution in [0.15, 0.2) is 11.1 Å². The van der Waals surface area contributed by atoms with Gasteiger partial charge < -0.3 is 0 Å². The van der Waals surface area contributed by atoms with Crippen LogP contribution in [0.25, 0.3) is 0 Å². The first kappa shape index (κ1) is 12.8. The van der Waals surface area contributed by atoms with Crippen molar-refractivity contribution in [3.63, 3.8) is 0 Å². The maximum absolute atomic E-state index is 12.0. The lowest BCUT2D eigenvalue weighted by Gasteiger charge is -2.50. The van der Waals surface area contributed by atoms with Crippen LogP contribution in [0, 0.1) is 23.2 Å². The van der Waals surface area contributed by atoms with Crippen molar-refractivity contribution < 1.29 is 9.59 Å². The van der Waals surface area contributed by atoms with E-state index in [4.69, 9.17) is 0 Å². The average Bonchev–Trinajstić information content (AvgIpc) is 2.82. The predicted molar refractivity (Wildman–Crippen MR) is 77.2 cm³/mol. The lowest BCUT2D eigenvalue weighted by molar-refractivity contribution is -0.124. The summed E-state index contributed by atoms with van der Waals surface area (Å²) in [5.74, 6) is 2.49. The Hall–Kier alpha value is -0.920. The van der Waals surface area contributed by atoms with Crippen molar-refractivity contribution in [2.75, 3.05) is 0 Å². The van der Waals surface area contributed by atoms with E-state index in [-0.39, 0.29) is 5.41 Å². The zero-order valence-corrected chi connectivity index (χ0v) is 12.4. The summed E-state index contributed by atoms with van der Waals surface area (Å²) >= 11 is 0. The molecule has 0 aromatic heterocycles. The van der Waals surface area contributed by atoms with E-state index in [2.05, 4.69) is 6.92 Å². The van der Waals surface area contributed by atoms with E-state index in [0.29, 0.717) is 29.3 Å². The van der Waals surface area contributed by atoms with E-state index in [1.165, 1.54) is 6.42 Å². The van der Waals surface area contributed by atoms with Gasteiger partial charge in [-0.15, -0.1) is 0 Å². The molecule has 4 aliphatic rings. The molecule has 2 fully saturated rings. The maximum Gasteiger partial charge on any atom is 0.136 e. The fourth-order valence-electron chi connectivity index (χ4n) is 5.71. The highest BCUT2D eigenvalue weighted by Crippen LogP contribution is 2.59. The summed E-state index contributed by atoms with van der Waals surface area (Å²) in [7, 11) is 0. The van der Waals surface area contributed by atoms with Crippen LogP contribution in [0.1, 0.15) is 64.7 Å². The molecule has 0 bridgehead atoms. The van der Waals surface area contributed by atoms with Crippen LogP contribution in [-0.2, 0) is 9.59 Å². The van der Waals surface area contributed by atoms with Gasteiger partial charge in [0.15, 0.2) is 0 Å². The minimum atomic E-state index is 0.276. The highest BCUT2D eigenvalue weighted by molar-refractivity contribution is 5.84. The summed E-state index contributed by atoms with van der Waals surface area (Å²) in [5.41, 5.74) is 3.61. The molecule has 4 rings (SSSR count). The Kier molecular flexibility index (Phi) is 2.74. The Bertz CT molecular complexity index is 516. The van der Waals surface area contributed by atoms with Gasteiger partial charge in [0.05, 0.1) is 0 Å². The van der Waals surface area contributed by atoms with Crippen molar-refractivity contribution in [1.82, 2.24) is 0 Å². The number of Topliss-reactive ketones (excluding diaryl/α,β-unsaturated/α-hetero) is 2. The van der Waals surface area contributed by atoms with Gasteiger partial charge in [0, 0.05) is 25.2 Å². The van der Waals surface area contributed by atoms with Gasteiger partial charge in [0.1, 0.15) is 11.6 Å². The summed E-state index contributed by atoms with van der Waals surface area (Å²) in [6, 6.07) is 0. The molecule has 0 spiro atoms. The first-order valence-corrected chi connectivity index (χ1v) is 8.36. The number of carbonyl (C=O) groups excluding carboxylic acids is 2. The molecule has 4 unspecified atom stereocenters. The fourth-order valence-corrected chi connectivity index (χ4v) is 5.71. The largest absolute Gasteiger partial charge is 0.300 e. The molecule has 20 heavy (non-hydrogen) atoms. The van der Waals surface area contributed by atoms with Crippen molar-refractivity contribution in [2.45, 2.75) is 64.7 Å². The minimum absolute atomic E-state index is 0.276. The van der Waals surface area contributed by atoms with Crippen molar-refractivity contribution >= 4 is 11.6 Å². The second-order valence-corrected chi connectivity index (χ2v) is 7.66. The number of carbonyl (C=O) groups is 2. The normalized spacial score (nSPS) is 44.1. The van der Waals surface area contributed by atoms with Crippen LogP contribution >= 0.6 is 0 Å². The van der Waals surface area contributed by atoms with Gasteiger partial charge >= 0.3 is 0 Å². The zero-order valence-electron chi connectivity index (χ0n) is 12.4. The third kappa shape index (κ3) is 1.63. The van der Waals surface area contributed by atoms with Crippen molar-refractivity contribution in [2.24, 2.45) is 23.2 Å². The van der Waals surface area contributed by atoms with Gasteiger partial charge in [0.2, 0.25) is 0 Å². The minimum Gasteiger partial charge on any atom is -0.300 e. The summed E-state index contributed by atoms with van der Waals surface area (Å²) in [5, 5.41) is 0. The second kappa shape index (κ2) is 4.29. The number of hydrogen-bond acceptors (Lipinski definition) is 2. The molecule has 0 N–H and O–H groups in total. The van der Waals surface area contributed by atoms with Gasteiger partial charge in [-0.2, -0.15) is 0 Å². The molecule has 4 aliphatic carbocycles. The summed E-state index contributed by atoms with van der Waals surface area (Å²) < 4.78 is 0.